The van der Waals surface area contributed by atoms with Crippen molar-refractivity contribution in [2.75, 3.05) is 20.3 Å². The van der Waals surface area contributed by atoms with E-state index in [2.05, 4.69) is 22.4 Å². The molecule has 2 heterocycles. The second-order valence-electron chi connectivity index (χ2n) is 7.10. The number of aromatic nitrogens is 3. The van der Waals surface area contributed by atoms with Gasteiger partial charge >= 0.3 is 0 Å². The summed E-state index contributed by atoms with van der Waals surface area (Å²) in [6.07, 6.45) is 2.54. The van der Waals surface area contributed by atoms with Gasteiger partial charge in [0, 0.05) is 13.6 Å². The molecule has 150 valence electrons. The van der Waals surface area contributed by atoms with Crippen molar-refractivity contribution in [3.63, 3.8) is 0 Å². The van der Waals surface area contributed by atoms with Gasteiger partial charge in [-0.15, -0.1) is 5.10 Å². The SMILES string of the molecule is C[C@H](c1ccc2c(c1)OCCO2)N(C)C(=O)c1cn(CCc2ccccc2)nn1. The van der Waals surface area contributed by atoms with Gasteiger partial charge < -0.3 is 14.4 Å². The summed E-state index contributed by atoms with van der Waals surface area (Å²) in [4.78, 5) is 14.6. The maximum absolute atomic E-state index is 12.9. The molecule has 0 saturated heterocycles. The molecular formula is C22H24N4O3. The highest BCUT2D eigenvalue weighted by Gasteiger charge is 2.23. The maximum Gasteiger partial charge on any atom is 0.276 e. The van der Waals surface area contributed by atoms with Crippen molar-refractivity contribution in [2.24, 2.45) is 0 Å². The van der Waals surface area contributed by atoms with E-state index in [9.17, 15) is 4.79 Å². The fraction of sp³-hybridized carbons (Fsp3) is 0.318. The molecule has 7 heteroatoms. The Kier molecular flexibility index (Phi) is 5.46. The van der Waals surface area contributed by atoms with E-state index in [1.807, 2.05) is 43.3 Å². The molecule has 0 radical (unpaired) electrons. The van der Waals surface area contributed by atoms with E-state index in [-0.39, 0.29) is 11.9 Å². The fourth-order valence-corrected chi connectivity index (χ4v) is 3.29. The van der Waals surface area contributed by atoms with Crippen molar-refractivity contribution in [3.8, 4) is 11.5 Å². The van der Waals surface area contributed by atoms with Gasteiger partial charge in [-0.05, 0) is 36.6 Å². The van der Waals surface area contributed by atoms with Crippen molar-refractivity contribution >= 4 is 5.91 Å². The average molecular weight is 392 g/mol. The number of benzene rings is 2. The minimum atomic E-state index is -0.168. The molecule has 0 unspecified atom stereocenters. The molecule has 1 aromatic heterocycles. The number of amides is 1. The predicted molar refractivity (Wildman–Crippen MR) is 108 cm³/mol. The number of hydrogen-bond acceptors (Lipinski definition) is 5. The molecule has 0 aliphatic carbocycles. The first-order chi connectivity index (χ1) is 14.1. The summed E-state index contributed by atoms with van der Waals surface area (Å²) in [5, 5.41) is 8.18. The molecule has 1 aliphatic heterocycles. The van der Waals surface area contributed by atoms with Crippen LogP contribution in [0.2, 0.25) is 0 Å². The van der Waals surface area contributed by atoms with Crippen LogP contribution in [-0.4, -0.2) is 46.1 Å². The highest BCUT2D eigenvalue weighted by atomic mass is 16.6. The maximum atomic E-state index is 12.9. The van der Waals surface area contributed by atoms with Gasteiger partial charge in [0.1, 0.15) is 13.2 Å². The Labute approximate surface area is 169 Å². The lowest BCUT2D eigenvalue weighted by Gasteiger charge is -2.26. The Morgan fingerprint density at radius 1 is 1.14 bits per heavy atom. The molecule has 3 aromatic rings. The molecule has 0 N–H and O–H groups in total. The van der Waals surface area contributed by atoms with Gasteiger partial charge in [-0.1, -0.05) is 41.6 Å². The summed E-state index contributed by atoms with van der Waals surface area (Å²) >= 11 is 0. The molecule has 7 nitrogen and oxygen atoms in total. The number of fused-ring (bicyclic) bond motifs is 1. The Balaban J connectivity index is 1.41. The van der Waals surface area contributed by atoms with E-state index < -0.39 is 0 Å². The minimum absolute atomic E-state index is 0.146. The van der Waals surface area contributed by atoms with Crippen molar-refractivity contribution in [1.82, 2.24) is 19.9 Å². The van der Waals surface area contributed by atoms with Crippen molar-refractivity contribution in [1.29, 1.82) is 0 Å². The van der Waals surface area contributed by atoms with Crippen LogP contribution in [0, 0.1) is 0 Å². The zero-order valence-electron chi connectivity index (χ0n) is 16.6. The largest absolute Gasteiger partial charge is 0.486 e. The molecule has 4 rings (SSSR count). The van der Waals surface area contributed by atoms with E-state index >= 15 is 0 Å². The van der Waals surface area contributed by atoms with Gasteiger partial charge in [-0.25, -0.2) is 0 Å². The number of carbonyl (C=O) groups excluding carboxylic acids is 1. The third kappa shape index (κ3) is 4.23. The number of rotatable bonds is 6. The van der Waals surface area contributed by atoms with Crippen molar-refractivity contribution < 1.29 is 14.3 Å². The molecule has 0 bridgehead atoms. The highest BCUT2D eigenvalue weighted by Crippen LogP contribution is 2.33. The van der Waals surface area contributed by atoms with Crippen LogP contribution in [0.3, 0.4) is 0 Å². The third-order valence-corrected chi connectivity index (χ3v) is 5.18. The third-order valence-electron chi connectivity index (χ3n) is 5.18. The summed E-state index contributed by atoms with van der Waals surface area (Å²) in [5.41, 5.74) is 2.53. The summed E-state index contributed by atoms with van der Waals surface area (Å²) < 4.78 is 12.9. The smallest absolute Gasteiger partial charge is 0.276 e. The number of nitrogens with zero attached hydrogens (tertiary/aromatic N) is 4. The molecule has 29 heavy (non-hydrogen) atoms. The van der Waals surface area contributed by atoms with E-state index in [4.69, 9.17) is 9.47 Å². The van der Waals surface area contributed by atoms with Crippen LogP contribution in [0.4, 0.5) is 0 Å². The summed E-state index contributed by atoms with van der Waals surface area (Å²) in [7, 11) is 1.77. The molecule has 1 atom stereocenters. The first kappa shape index (κ1) is 19.0. The molecule has 0 fully saturated rings. The standard InChI is InChI=1S/C22H24N4O3/c1-16(18-8-9-20-21(14-18)29-13-12-28-20)25(2)22(27)19-15-26(24-23-19)11-10-17-6-4-3-5-7-17/h3-9,14-16H,10-13H2,1-2H3/t16-/m1/s1. The second kappa shape index (κ2) is 8.34. The molecular weight excluding hydrogens is 368 g/mol. The van der Waals surface area contributed by atoms with Gasteiger partial charge in [0.05, 0.1) is 12.2 Å². The quantitative estimate of drug-likeness (QED) is 0.645. The highest BCUT2D eigenvalue weighted by molar-refractivity contribution is 5.92. The molecule has 1 aliphatic rings. The molecule has 1 amide bonds. The van der Waals surface area contributed by atoms with E-state index in [1.165, 1.54) is 5.56 Å². The van der Waals surface area contributed by atoms with Crippen LogP contribution in [0.25, 0.3) is 0 Å². The zero-order valence-corrected chi connectivity index (χ0v) is 16.6. The lowest BCUT2D eigenvalue weighted by molar-refractivity contribution is 0.0736. The molecule has 0 spiro atoms. The monoisotopic (exact) mass is 392 g/mol. The zero-order chi connectivity index (χ0) is 20.2. The van der Waals surface area contributed by atoms with Gasteiger partial charge in [-0.2, -0.15) is 0 Å². The van der Waals surface area contributed by atoms with Gasteiger partial charge in [0.25, 0.3) is 5.91 Å². The first-order valence-electron chi connectivity index (χ1n) is 9.72. The van der Waals surface area contributed by atoms with Crippen LogP contribution < -0.4 is 9.47 Å². The van der Waals surface area contributed by atoms with Crippen molar-refractivity contribution in [3.05, 3.63) is 71.5 Å². The van der Waals surface area contributed by atoms with Crippen LogP contribution in [0.15, 0.2) is 54.7 Å². The average Bonchev–Trinajstić information content (AvgIpc) is 3.25. The lowest BCUT2D eigenvalue weighted by Crippen LogP contribution is -2.30. The topological polar surface area (TPSA) is 69.5 Å². The number of ether oxygens (including phenoxy) is 2. The van der Waals surface area contributed by atoms with E-state index in [1.54, 1.807) is 22.8 Å². The van der Waals surface area contributed by atoms with Crippen LogP contribution >= 0.6 is 0 Å². The number of hydrogen-bond donors (Lipinski definition) is 0. The first-order valence-corrected chi connectivity index (χ1v) is 9.72. The summed E-state index contributed by atoms with van der Waals surface area (Å²) in [5.74, 6) is 1.29. The Hall–Kier alpha value is -3.35. The second-order valence-corrected chi connectivity index (χ2v) is 7.10. The van der Waals surface area contributed by atoms with Gasteiger partial charge in [0.15, 0.2) is 17.2 Å². The number of aryl methyl sites for hydroxylation is 2. The number of carbonyl (C=O) groups is 1. The Morgan fingerprint density at radius 3 is 2.69 bits per heavy atom. The summed E-state index contributed by atoms with van der Waals surface area (Å²) in [6, 6.07) is 15.8. The van der Waals surface area contributed by atoms with Crippen LogP contribution in [0.1, 0.15) is 34.6 Å². The van der Waals surface area contributed by atoms with Crippen LogP contribution in [0.5, 0.6) is 11.5 Å². The Morgan fingerprint density at radius 2 is 1.90 bits per heavy atom. The van der Waals surface area contributed by atoms with Crippen molar-refractivity contribution in [2.45, 2.75) is 25.9 Å². The summed E-state index contributed by atoms with van der Waals surface area (Å²) in [6.45, 7) is 3.74. The predicted octanol–water partition coefficient (Wildman–Crippen LogP) is 3.13. The van der Waals surface area contributed by atoms with Gasteiger partial charge in [-0.3, -0.25) is 9.48 Å². The van der Waals surface area contributed by atoms with Crippen LogP contribution in [-0.2, 0) is 13.0 Å². The van der Waals surface area contributed by atoms with Gasteiger partial charge in [0.2, 0.25) is 0 Å². The minimum Gasteiger partial charge on any atom is -0.486 e. The fourth-order valence-electron chi connectivity index (χ4n) is 3.29. The van der Waals surface area contributed by atoms with E-state index in [0.29, 0.717) is 31.2 Å². The Bertz CT molecular complexity index is 987. The van der Waals surface area contributed by atoms with E-state index in [0.717, 1.165) is 17.7 Å². The molecule has 2 aromatic carbocycles. The normalized spacial score (nSPS) is 13.7. The molecule has 0 saturated carbocycles. The lowest BCUT2D eigenvalue weighted by atomic mass is 10.1.